The molecule has 0 aliphatic heterocycles. The molecule has 0 aromatic rings. The molecule has 0 fully saturated rings. The van der Waals surface area contributed by atoms with Crippen LogP contribution in [0.4, 0.5) is 0 Å². The lowest BCUT2D eigenvalue weighted by Gasteiger charge is -2.23. The minimum absolute atomic E-state index is 0.0611. The third-order valence-electron chi connectivity index (χ3n) is 1.70. The highest BCUT2D eigenvalue weighted by molar-refractivity contribution is 6.08. The van der Waals surface area contributed by atoms with Gasteiger partial charge in [0.2, 0.25) is 0 Å². The summed E-state index contributed by atoms with van der Waals surface area (Å²) >= 11 is 0. The lowest BCUT2D eigenvalue weighted by molar-refractivity contribution is -0.122. The first-order valence-corrected chi connectivity index (χ1v) is 4.03. The van der Waals surface area contributed by atoms with E-state index in [2.05, 4.69) is 13.2 Å². The summed E-state index contributed by atoms with van der Waals surface area (Å²) in [6.45, 7) is 4.69. The molecular formula is C7H17BN2O. The van der Waals surface area contributed by atoms with Gasteiger partial charge < -0.3 is 11.1 Å². The number of Topliss-reactive ketones (excluding diaryl/α,β-unsaturated/α-hetero) is 1. The van der Waals surface area contributed by atoms with Crippen LogP contribution in [0.1, 0.15) is 13.8 Å². The number of hydrogen-bond donors (Lipinski definition) is 2. The summed E-state index contributed by atoms with van der Waals surface area (Å²) in [5, 5.41) is 3.13. The fourth-order valence-corrected chi connectivity index (χ4v) is 0.791. The second-order valence-corrected chi connectivity index (χ2v) is 3.18. The summed E-state index contributed by atoms with van der Waals surface area (Å²) in [6.07, 6.45) is 1.03. The number of ketones is 1. The van der Waals surface area contributed by atoms with Gasteiger partial charge in [0.15, 0.2) is 5.78 Å². The van der Waals surface area contributed by atoms with E-state index in [4.69, 9.17) is 5.73 Å². The normalized spacial score (nSPS) is 11.5. The first-order chi connectivity index (χ1) is 5.04. The van der Waals surface area contributed by atoms with Gasteiger partial charge in [-0.15, -0.1) is 0 Å². The third kappa shape index (κ3) is 3.53. The second-order valence-electron chi connectivity index (χ2n) is 3.18. The fraction of sp³-hybridized carbons (Fsp3) is 0.857. The van der Waals surface area contributed by atoms with Crippen LogP contribution in [0.5, 0.6) is 0 Å². The van der Waals surface area contributed by atoms with Gasteiger partial charge in [0.05, 0.1) is 12.1 Å². The largest absolute Gasteiger partial charge is 0.324 e. The summed E-state index contributed by atoms with van der Waals surface area (Å²) in [5.41, 5.74) is 4.79. The number of nitrogens with one attached hydrogen (secondary N) is 1. The van der Waals surface area contributed by atoms with Gasteiger partial charge in [0.25, 0.3) is 0 Å². The van der Waals surface area contributed by atoms with Gasteiger partial charge in [0.1, 0.15) is 7.85 Å². The Kier molecular flexibility index (Phi) is 4.37. The van der Waals surface area contributed by atoms with E-state index >= 15 is 0 Å². The Morgan fingerprint density at radius 1 is 1.64 bits per heavy atom. The van der Waals surface area contributed by atoms with E-state index in [1.165, 1.54) is 0 Å². The Hall–Kier alpha value is -0.345. The van der Waals surface area contributed by atoms with Crippen molar-refractivity contribution >= 4 is 13.6 Å². The van der Waals surface area contributed by atoms with Crippen molar-refractivity contribution in [3.05, 3.63) is 0 Å². The third-order valence-corrected chi connectivity index (χ3v) is 1.70. The zero-order valence-corrected chi connectivity index (χ0v) is 7.61. The van der Waals surface area contributed by atoms with Crippen molar-refractivity contribution in [3.8, 4) is 0 Å². The standard InChI is InChI=1S/C7H17BN2O/c1-7(2,6(11)5-9)10-4-3-8/h10H,3-5,8-9H2,1-2H3. The van der Waals surface area contributed by atoms with Crippen LogP contribution in [-0.2, 0) is 4.79 Å². The Morgan fingerprint density at radius 2 is 2.18 bits per heavy atom. The average Bonchev–Trinajstić information content (AvgIpc) is 1.99. The summed E-state index contributed by atoms with van der Waals surface area (Å²) in [6, 6.07) is 0. The van der Waals surface area contributed by atoms with E-state index in [-0.39, 0.29) is 12.3 Å². The molecule has 0 aromatic heterocycles. The molecule has 0 saturated carbocycles. The van der Waals surface area contributed by atoms with Gasteiger partial charge in [-0.25, -0.2) is 0 Å². The summed E-state index contributed by atoms with van der Waals surface area (Å²) in [4.78, 5) is 11.2. The van der Waals surface area contributed by atoms with Crippen molar-refractivity contribution in [2.45, 2.75) is 25.7 Å². The maximum absolute atomic E-state index is 11.2. The smallest absolute Gasteiger partial charge is 0.165 e. The van der Waals surface area contributed by atoms with Gasteiger partial charge in [-0.2, -0.15) is 0 Å². The van der Waals surface area contributed by atoms with Gasteiger partial charge in [-0.3, -0.25) is 4.79 Å². The fourth-order valence-electron chi connectivity index (χ4n) is 0.791. The summed E-state index contributed by atoms with van der Waals surface area (Å²) in [7, 11) is 2.07. The van der Waals surface area contributed by atoms with Crippen molar-refractivity contribution in [1.82, 2.24) is 5.32 Å². The van der Waals surface area contributed by atoms with Crippen molar-refractivity contribution < 1.29 is 4.79 Å². The van der Waals surface area contributed by atoms with Crippen molar-refractivity contribution in [2.75, 3.05) is 13.1 Å². The number of rotatable bonds is 5. The molecule has 0 saturated heterocycles. The molecule has 0 amide bonds. The molecule has 0 spiro atoms. The van der Waals surface area contributed by atoms with Crippen LogP contribution in [-0.4, -0.2) is 32.3 Å². The summed E-state index contributed by atoms with van der Waals surface area (Å²) < 4.78 is 0. The molecule has 3 N–H and O–H groups in total. The molecule has 0 heterocycles. The summed E-state index contributed by atoms with van der Waals surface area (Å²) in [5.74, 6) is 0.0611. The minimum Gasteiger partial charge on any atom is -0.324 e. The van der Waals surface area contributed by atoms with E-state index < -0.39 is 5.54 Å². The Morgan fingerprint density at radius 3 is 2.55 bits per heavy atom. The van der Waals surface area contributed by atoms with E-state index in [0.29, 0.717) is 0 Å². The maximum atomic E-state index is 11.2. The molecule has 4 heteroatoms. The molecule has 0 aliphatic carbocycles. The number of hydrogen-bond acceptors (Lipinski definition) is 3. The molecule has 0 unspecified atom stereocenters. The molecule has 0 atom stereocenters. The molecule has 0 aliphatic rings. The van der Waals surface area contributed by atoms with Crippen LogP contribution in [0.2, 0.25) is 6.32 Å². The van der Waals surface area contributed by atoms with Gasteiger partial charge in [-0.1, -0.05) is 6.32 Å². The molecule has 0 bridgehead atoms. The minimum atomic E-state index is -0.454. The second kappa shape index (κ2) is 4.52. The molecule has 64 valence electrons. The van der Waals surface area contributed by atoms with Crippen LogP contribution in [0.3, 0.4) is 0 Å². The molecular weight excluding hydrogens is 139 g/mol. The van der Waals surface area contributed by atoms with Crippen LogP contribution in [0.15, 0.2) is 0 Å². The molecule has 11 heavy (non-hydrogen) atoms. The Labute approximate surface area is 69.1 Å². The average molecular weight is 156 g/mol. The highest BCUT2D eigenvalue weighted by Gasteiger charge is 2.24. The van der Waals surface area contributed by atoms with Crippen LogP contribution < -0.4 is 11.1 Å². The first-order valence-electron chi connectivity index (χ1n) is 4.03. The monoisotopic (exact) mass is 156 g/mol. The molecule has 3 nitrogen and oxygen atoms in total. The van der Waals surface area contributed by atoms with Crippen molar-refractivity contribution in [1.29, 1.82) is 0 Å². The van der Waals surface area contributed by atoms with Gasteiger partial charge in [0, 0.05) is 0 Å². The van der Waals surface area contributed by atoms with E-state index in [9.17, 15) is 4.79 Å². The zero-order valence-electron chi connectivity index (χ0n) is 7.61. The van der Waals surface area contributed by atoms with E-state index in [1.807, 2.05) is 13.8 Å². The highest BCUT2D eigenvalue weighted by Crippen LogP contribution is 2.01. The quantitative estimate of drug-likeness (QED) is 0.498. The van der Waals surface area contributed by atoms with E-state index in [1.54, 1.807) is 0 Å². The van der Waals surface area contributed by atoms with Crippen LogP contribution in [0, 0.1) is 0 Å². The molecule has 0 aromatic carbocycles. The van der Waals surface area contributed by atoms with Crippen molar-refractivity contribution in [2.24, 2.45) is 5.73 Å². The number of carbonyl (C=O) groups excluding carboxylic acids is 1. The SMILES string of the molecule is BCCNC(C)(C)C(=O)CN. The maximum Gasteiger partial charge on any atom is 0.165 e. The number of carbonyl (C=O) groups is 1. The Balaban J connectivity index is 3.88. The topological polar surface area (TPSA) is 55.1 Å². The molecule has 0 radical (unpaired) electrons. The highest BCUT2D eigenvalue weighted by atomic mass is 16.1. The lowest BCUT2D eigenvalue weighted by atomic mass is 9.97. The number of nitrogens with two attached hydrogens (primary N) is 1. The van der Waals surface area contributed by atoms with Crippen LogP contribution in [0.25, 0.3) is 0 Å². The lowest BCUT2D eigenvalue weighted by Crippen LogP contribution is -2.49. The predicted molar refractivity (Wildman–Crippen MR) is 49.5 cm³/mol. The van der Waals surface area contributed by atoms with Gasteiger partial charge in [-0.05, 0) is 20.4 Å². The van der Waals surface area contributed by atoms with E-state index in [0.717, 1.165) is 12.9 Å². The first kappa shape index (κ1) is 10.7. The van der Waals surface area contributed by atoms with Crippen LogP contribution >= 0.6 is 0 Å². The Bertz CT molecular complexity index is 136. The van der Waals surface area contributed by atoms with Crippen molar-refractivity contribution in [3.63, 3.8) is 0 Å². The van der Waals surface area contributed by atoms with Gasteiger partial charge >= 0.3 is 0 Å². The zero-order chi connectivity index (χ0) is 8.91. The molecule has 0 rings (SSSR count). The predicted octanol–water partition coefficient (Wildman–Crippen LogP) is -1.07.